The topological polar surface area (TPSA) is 12.5 Å². The van der Waals surface area contributed by atoms with Crippen LogP contribution >= 0.6 is 0 Å². The first-order valence-electron chi connectivity index (χ1n) is 4.60. The van der Waals surface area contributed by atoms with E-state index in [0.29, 0.717) is 6.04 Å². The van der Waals surface area contributed by atoms with Crippen molar-refractivity contribution in [3.05, 3.63) is 0 Å². The summed E-state index contributed by atoms with van der Waals surface area (Å²) in [6.07, 6.45) is 3.50. The van der Waals surface area contributed by atoms with Crippen molar-refractivity contribution < 1.29 is 4.84 Å². The number of hydrogen-bond acceptors (Lipinski definition) is 2. The summed E-state index contributed by atoms with van der Waals surface area (Å²) in [5.74, 6) is 0. The molecule has 0 rings (SSSR count). The van der Waals surface area contributed by atoms with Gasteiger partial charge in [0.1, 0.15) is 0 Å². The molecule has 0 saturated heterocycles. The van der Waals surface area contributed by atoms with Gasteiger partial charge in [-0.2, -0.15) is 5.06 Å². The Labute approximate surface area is 70.5 Å². The fourth-order valence-electron chi connectivity index (χ4n) is 1.34. The van der Waals surface area contributed by atoms with Gasteiger partial charge >= 0.3 is 0 Å². The van der Waals surface area contributed by atoms with E-state index in [0.717, 1.165) is 13.0 Å². The molecule has 0 aromatic heterocycles. The summed E-state index contributed by atoms with van der Waals surface area (Å²) in [6.45, 7) is 7.63. The van der Waals surface area contributed by atoms with Gasteiger partial charge in [0.25, 0.3) is 0 Å². The molecule has 0 spiro atoms. The zero-order valence-electron chi connectivity index (χ0n) is 8.26. The molecule has 0 heterocycles. The Bertz CT molecular complexity index is 81.6. The van der Waals surface area contributed by atoms with E-state index in [1.54, 1.807) is 7.11 Å². The van der Waals surface area contributed by atoms with Crippen LogP contribution in [0.5, 0.6) is 0 Å². The van der Waals surface area contributed by atoms with E-state index in [1.165, 1.54) is 12.8 Å². The number of rotatable bonds is 6. The molecule has 0 bridgehead atoms. The normalized spacial score (nSPS) is 11.5. The van der Waals surface area contributed by atoms with E-state index in [2.05, 4.69) is 25.8 Å². The van der Waals surface area contributed by atoms with Crippen LogP contribution in [0.15, 0.2) is 0 Å². The Morgan fingerprint density at radius 1 is 1.18 bits per heavy atom. The first-order valence-corrected chi connectivity index (χ1v) is 4.60. The molecule has 2 heteroatoms. The highest BCUT2D eigenvalue weighted by atomic mass is 16.7. The maximum absolute atomic E-state index is 5.27. The lowest BCUT2D eigenvalue weighted by Crippen LogP contribution is -2.34. The van der Waals surface area contributed by atoms with Gasteiger partial charge in [-0.15, -0.1) is 0 Å². The van der Waals surface area contributed by atoms with Crippen molar-refractivity contribution in [2.24, 2.45) is 0 Å². The van der Waals surface area contributed by atoms with Gasteiger partial charge in [0.2, 0.25) is 0 Å². The van der Waals surface area contributed by atoms with Crippen LogP contribution in [0.3, 0.4) is 0 Å². The predicted molar refractivity (Wildman–Crippen MR) is 48.4 cm³/mol. The first-order chi connectivity index (χ1) is 5.29. The lowest BCUT2D eigenvalue weighted by Gasteiger charge is -2.27. The second-order valence-corrected chi connectivity index (χ2v) is 2.79. The highest BCUT2D eigenvalue weighted by molar-refractivity contribution is 4.60. The Balaban J connectivity index is 3.76. The summed E-state index contributed by atoms with van der Waals surface area (Å²) in [6, 6.07) is 0.597. The van der Waals surface area contributed by atoms with Crippen molar-refractivity contribution in [2.45, 2.75) is 46.1 Å². The van der Waals surface area contributed by atoms with Crippen LogP contribution in [0.25, 0.3) is 0 Å². The van der Waals surface area contributed by atoms with E-state index in [1.807, 2.05) is 0 Å². The summed E-state index contributed by atoms with van der Waals surface area (Å²) in [5.41, 5.74) is 0. The van der Waals surface area contributed by atoms with Crippen molar-refractivity contribution >= 4 is 0 Å². The molecule has 0 aromatic rings. The van der Waals surface area contributed by atoms with Crippen molar-refractivity contribution in [3.8, 4) is 0 Å². The molecule has 0 atom stereocenters. The van der Waals surface area contributed by atoms with Crippen molar-refractivity contribution in [2.75, 3.05) is 13.7 Å². The molecular formula is C9H21NO. The molecule has 0 aliphatic rings. The Kier molecular flexibility index (Phi) is 6.57. The number of hydrogen-bond donors (Lipinski definition) is 0. The smallest absolute Gasteiger partial charge is 0.0575 e. The molecule has 0 N–H and O–H groups in total. The minimum atomic E-state index is 0.597. The monoisotopic (exact) mass is 159 g/mol. The van der Waals surface area contributed by atoms with Gasteiger partial charge in [-0.25, -0.2) is 0 Å². The van der Waals surface area contributed by atoms with Crippen molar-refractivity contribution in [1.82, 2.24) is 5.06 Å². The Morgan fingerprint density at radius 3 is 2.00 bits per heavy atom. The van der Waals surface area contributed by atoms with Crippen molar-refractivity contribution in [3.63, 3.8) is 0 Å². The van der Waals surface area contributed by atoms with E-state index in [4.69, 9.17) is 4.84 Å². The lowest BCUT2D eigenvalue weighted by atomic mass is 10.1. The maximum Gasteiger partial charge on any atom is 0.0575 e. The highest BCUT2D eigenvalue weighted by Crippen LogP contribution is 2.08. The fraction of sp³-hybridized carbons (Fsp3) is 1.00. The van der Waals surface area contributed by atoms with Gasteiger partial charge in [-0.3, -0.25) is 0 Å². The molecule has 0 amide bonds. The third-order valence-electron chi connectivity index (χ3n) is 2.03. The summed E-state index contributed by atoms with van der Waals surface area (Å²) >= 11 is 0. The Morgan fingerprint density at radius 2 is 1.73 bits per heavy atom. The average Bonchev–Trinajstić information content (AvgIpc) is 2.05. The van der Waals surface area contributed by atoms with Gasteiger partial charge in [-0.1, -0.05) is 20.8 Å². The van der Waals surface area contributed by atoms with Gasteiger partial charge < -0.3 is 4.84 Å². The van der Waals surface area contributed by atoms with Crippen LogP contribution < -0.4 is 0 Å². The molecule has 0 saturated carbocycles. The van der Waals surface area contributed by atoms with Crippen LogP contribution in [0.4, 0.5) is 0 Å². The maximum atomic E-state index is 5.27. The van der Waals surface area contributed by atoms with E-state index in [9.17, 15) is 0 Å². The lowest BCUT2D eigenvalue weighted by molar-refractivity contribution is -0.162. The Hall–Kier alpha value is -0.0800. The van der Waals surface area contributed by atoms with Gasteiger partial charge in [-0.05, 0) is 19.3 Å². The predicted octanol–water partition coefficient (Wildman–Crippen LogP) is 2.45. The fourth-order valence-corrected chi connectivity index (χ4v) is 1.34. The van der Waals surface area contributed by atoms with E-state index in [-0.39, 0.29) is 0 Å². The molecule has 0 aliphatic carbocycles. The zero-order valence-corrected chi connectivity index (χ0v) is 8.26. The standard InChI is InChI=1S/C9H21NO/c1-5-8-10(11-4)9(6-2)7-3/h9H,5-8H2,1-4H3. The third-order valence-corrected chi connectivity index (χ3v) is 2.03. The second kappa shape index (κ2) is 6.62. The van der Waals surface area contributed by atoms with Crippen LogP contribution in [-0.2, 0) is 4.84 Å². The molecule has 0 fully saturated rings. The SMILES string of the molecule is CCCN(OC)C(CC)CC. The molecule has 2 nitrogen and oxygen atoms in total. The molecule has 0 unspecified atom stereocenters. The van der Waals surface area contributed by atoms with Gasteiger partial charge in [0, 0.05) is 12.6 Å². The second-order valence-electron chi connectivity index (χ2n) is 2.79. The van der Waals surface area contributed by atoms with Crippen LogP contribution in [-0.4, -0.2) is 24.8 Å². The molecule has 68 valence electrons. The van der Waals surface area contributed by atoms with Crippen molar-refractivity contribution in [1.29, 1.82) is 0 Å². The molecule has 0 aromatic carbocycles. The molecule has 0 radical (unpaired) electrons. The number of hydroxylamine groups is 2. The number of nitrogens with zero attached hydrogens (tertiary/aromatic N) is 1. The van der Waals surface area contributed by atoms with Crippen LogP contribution in [0.2, 0.25) is 0 Å². The summed E-state index contributed by atoms with van der Waals surface area (Å²) in [5, 5.41) is 2.08. The average molecular weight is 159 g/mol. The molecular weight excluding hydrogens is 138 g/mol. The van der Waals surface area contributed by atoms with E-state index >= 15 is 0 Å². The quantitative estimate of drug-likeness (QED) is 0.552. The third kappa shape index (κ3) is 3.73. The minimum Gasteiger partial charge on any atom is -0.302 e. The zero-order chi connectivity index (χ0) is 8.69. The van der Waals surface area contributed by atoms with Crippen LogP contribution in [0.1, 0.15) is 40.0 Å². The van der Waals surface area contributed by atoms with Crippen LogP contribution in [0, 0.1) is 0 Å². The molecule has 11 heavy (non-hydrogen) atoms. The van der Waals surface area contributed by atoms with Gasteiger partial charge in [0.05, 0.1) is 7.11 Å². The first kappa shape index (κ1) is 10.9. The highest BCUT2D eigenvalue weighted by Gasteiger charge is 2.12. The van der Waals surface area contributed by atoms with E-state index < -0.39 is 0 Å². The summed E-state index contributed by atoms with van der Waals surface area (Å²) in [7, 11) is 1.76. The summed E-state index contributed by atoms with van der Waals surface area (Å²) < 4.78 is 0. The summed E-state index contributed by atoms with van der Waals surface area (Å²) in [4.78, 5) is 5.27. The largest absolute Gasteiger partial charge is 0.302 e. The molecule has 0 aliphatic heterocycles. The minimum absolute atomic E-state index is 0.597. The van der Waals surface area contributed by atoms with Gasteiger partial charge in [0.15, 0.2) is 0 Å².